The molecule has 0 saturated heterocycles. The molecule has 1 aromatic heterocycles. The van der Waals surface area contributed by atoms with Gasteiger partial charge < -0.3 is 0 Å². The predicted molar refractivity (Wildman–Crippen MR) is 104 cm³/mol. The molecule has 0 amide bonds. The van der Waals surface area contributed by atoms with Crippen LogP contribution in [0.3, 0.4) is 0 Å². The molecule has 0 fully saturated rings. The highest BCUT2D eigenvalue weighted by molar-refractivity contribution is 7.80. The van der Waals surface area contributed by atoms with E-state index >= 15 is 0 Å². The number of allylic oxidation sites excluding steroid dienone is 1. The quantitative estimate of drug-likeness (QED) is 0.693. The number of aliphatic imine (C=N–C) groups is 1. The van der Waals surface area contributed by atoms with E-state index < -0.39 is 0 Å². The van der Waals surface area contributed by atoms with E-state index in [9.17, 15) is 4.79 Å². The van der Waals surface area contributed by atoms with Crippen LogP contribution >= 0.6 is 24.0 Å². The Hall–Kier alpha value is -2.37. The van der Waals surface area contributed by atoms with E-state index in [2.05, 4.69) is 17.6 Å². The molecule has 0 spiro atoms. The minimum absolute atomic E-state index is 0.000996. The molecule has 1 aliphatic rings. The van der Waals surface area contributed by atoms with Crippen LogP contribution in [-0.2, 0) is 6.54 Å². The lowest BCUT2D eigenvalue weighted by Gasteiger charge is -2.04. The second kappa shape index (κ2) is 6.26. The summed E-state index contributed by atoms with van der Waals surface area (Å²) in [5.74, 6) is 0. The Balaban J connectivity index is 1.72. The van der Waals surface area contributed by atoms with Crippen molar-refractivity contribution in [1.29, 1.82) is 0 Å². The van der Waals surface area contributed by atoms with Gasteiger partial charge in [-0.2, -0.15) is 0 Å². The Kier molecular flexibility index (Phi) is 3.96. The van der Waals surface area contributed by atoms with Crippen molar-refractivity contribution >= 4 is 47.5 Å². The first-order chi connectivity index (χ1) is 11.7. The minimum atomic E-state index is -0.000996. The van der Waals surface area contributed by atoms with Crippen molar-refractivity contribution in [2.24, 2.45) is 4.99 Å². The van der Waals surface area contributed by atoms with E-state index in [1.807, 2.05) is 66.9 Å². The fourth-order valence-electron chi connectivity index (χ4n) is 2.71. The monoisotopic (exact) mass is 350 g/mol. The van der Waals surface area contributed by atoms with E-state index in [0.29, 0.717) is 11.6 Å². The molecule has 0 N–H and O–H groups in total. The third-order valence-corrected chi connectivity index (χ3v) is 5.48. The first-order valence-electron chi connectivity index (χ1n) is 7.54. The lowest BCUT2D eigenvalue weighted by atomic mass is 10.1. The minimum Gasteiger partial charge on any atom is -0.289 e. The highest BCUT2D eigenvalue weighted by atomic mass is 32.1. The summed E-state index contributed by atoms with van der Waals surface area (Å²) in [7, 11) is 0. The highest BCUT2D eigenvalue weighted by Crippen LogP contribution is 2.33. The number of fused-ring (bicyclic) bond motifs is 1. The van der Waals surface area contributed by atoms with Gasteiger partial charge in [0, 0.05) is 17.4 Å². The zero-order chi connectivity index (χ0) is 16.5. The number of para-hydroxylation sites is 1. The van der Waals surface area contributed by atoms with Gasteiger partial charge in [0.1, 0.15) is 0 Å². The molecule has 0 aliphatic carbocycles. The Morgan fingerprint density at radius 2 is 1.83 bits per heavy atom. The van der Waals surface area contributed by atoms with Crippen LogP contribution in [0.4, 0.5) is 5.69 Å². The Morgan fingerprint density at radius 1 is 1.08 bits per heavy atom. The zero-order valence-corrected chi connectivity index (χ0v) is 14.4. The number of nitrogens with zero attached hydrogens (tertiary/aromatic N) is 2. The highest BCUT2D eigenvalue weighted by Gasteiger charge is 2.15. The number of aromatic nitrogens is 1. The molecule has 0 bridgehead atoms. The van der Waals surface area contributed by atoms with E-state index in [1.165, 1.54) is 11.3 Å². The summed E-state index contributed by atoms with van der Waals surface area (Å²) in [5, 5.41) is 0.694. The number of hydrogen-bond acceptors (Lipinski definition) is 4. The van der Waals surface area contributed by atoms with Crippen molar-refractivity contribution in [2.75, 3.05) is 0 Å². The number of rotatable bonds is 3. The maximum atomic E-state index is 12.4. The van der Waals surface area contributed by atoms with Gasteiger partial charge in [-0.3, -0.25) is 14.4 Å². The molecule has 0 radical (unpaired) electrons. The topological polar surface area (TPSA) is 34.4 Å². The average molecular weight is 350 g/mol. The fraction of sp³-hybridized carbons (Fsp3) is 0.0526. The van der Waals surface area contributed by atoms with Crippen LogP contribution in [0.25, 0.3) is 11.6 Å². The van der Waals surface area contributed by atoms with Crippen LogP contribution < -0.4 is 4.87 Å². The SMILES string of the molecule is O=c1sc(C=C2C=Nc3ccccc32)c(S)n1Cc1ccccc1. The molecule has 5 heteroatoms. The van der Waals surface area contributed by atoms with Crippen LogP contribution in [0.5, 0.6) is 0 Å². The Labute approximate surface area is 149 Å². The molecule has 24 heavy (non-hydrogen) atoms. The molecule has 0 saturated carbocycles. The van der Waals surface area contributed by atoms with E-state index in [0.717, 1.165) is 27.3 Å². The average Bonchev–Trinajstić information content (AvgIpc) is 3.13. The smallest absolute Gasteiger partial charge is 0.289 e. The third kappa shape index (κ3) is 2.77. The summed E-state index contributed by atoms with van der Waals surface area (Å²) in [6, 6.07) is 17.9. The first kappa shape index (κ1) is 15.2. The van der Waals surface area contributed by atoms with Gasteiger partial charge in [-0.15, -0.1) is 12.6 Å². The summed E-state index contributed by atoms with van der Waals surface area (Å²) in [6.07, 6.45) is 3.83. The van der Waals surface area contributed by atoms with Crippen molar-refractivity contribution in [2.45, 2.75) is 11.6 Å². The van der Waals surface area contributed by atoms with E-state index in [4.69, 9.17) is 0 Å². The first-order valence-corrected chi connectivity index (χ1v) is 8.80. The number of thiazole rings is 1. The van der Waals surface area contributed by atoms with Gasteiger partial charge in [0.15, 0.2) is 0 Å². The van der Waals surface area contributed by atoms with Crippen molar-refractivity contribution in [3.63, 3.8) is 0 Å². The maximum Gasteiger partial charge on any atom is 0.308 e. The number of hydrogen-bond donors (Lipinski definition) is 1. The summed E-state index contributed by atoms with van der Waals surface area (Å²) in [4.78, 5) is 17.6. The van der Waals surface area contributed by atoms with Crippen LogP contribution in [0, 0.1) is 0 Å². The molecule has 0 atom stereocenters. The lowest BCUT2D eigenvalue weighted by Crippen LogP contribution is -2.14. The third-order valence-electron chi connectivity index (χ3n) is 3.92. The van der Waals surface area contributed by atoms with Gasteiger partial charge >= 0.3 is 4.87 Å². The van der Waals surface area contributed by atoms with Gasteiger partial charge in [-0.1, -0.05) is 59.9 Å². The second-order valence-corrected chi connectivity index (χ2v) is 6.92. The normalized spacial score (nSPS) is 14.3. The van der Waals surface area contributed by atoms with E-state index in [1.54, 1.807) is 4.57 Å². The van der Waals surface area contributed by atoms with Gasteiger partial charge in [0.2, 0.25) is 0 Å². The number of thiol groups is 1. The van der Waals surface area contributed by atoms with Gasteiger partial charge in [0.05, 0.1) is 22.1 Å². The molecule has 4 rings (SSSR count). The summed E-state index contributed by atoms with van der Waals surface area (Å²) >= 11 is 5.80. The Bertz CT molecular complexity index is 1010. The Morgan fingerprint density at radius 3 is 2.67 bits per heavy atom. The molecule has 3 aromatic rings. The van der Waals surface area contributed by atoms with Gasteiger partial charge in [-0.05, 0) is 17.7 Å². The molecule has 0 unspecified atom stereocenters. The number of benzene rings is 2. The molecule has 118 valence electrons. The van der Waals surface area contributed by atoms with Crippen LogP contribution in [0.1, 0.15) is 16.0 Å². The zero-order valence-electron chi connectivity index (χ0n) is 12.7. The van der Waals surface area contributed by atoms with Crippen molar-refractivity contribution in [3.8, 4) is 0 Å². The van der Waals surface area contributed by atoms with Crippen molar-refractivity contribution in [1.82, 2.24) is 4.57 Å². The van der Waals surface area contributed by atoms with Crippen molar-refractivity contribution in [3.05, 3.63) is 80.3 Å². The summed E-state index contributed by atoms with van der Waals surface area (Å²) in [5.41, 5.74) is 4.13. The lowest BCUT2D eigenvalue weighted by molar-refractivity contribution is 0.713. The predicted octanol–water partition coefficient (Wildman–Crippen LogP) is 4.50. The van der Waals surface area contributed by atoms with Crippen molar-refractivity contribution < 1.29 is 0 Å². The maximum absolute atomic E-state index is 12.4. The molecule has 1 aliphatic heterocycles. The molecule has 2 heterocycles. The second-order valence-electron chi connectivity index (χ2n) is 5.50. The van der Waals surface area contributed by atoms with Crippen LogP contribution in [0.2, 0.25) is 0 Å². The van der Waals surface area contributed by atoms with Crippen LogP contribution in [-0.4, -0.2) is 10.8 Å². The van der Waals surface area contributed by atoms with Gasteiger partial charge in [0.25, 0.3) is 0 Å². The summed E-state index contributed by atoms with van der Waals surface area (Å²) < 4.78 is 1.70. The largest absolute Gasteiger partial charge is 0.308 e. The fourth-order valence-corrected chi connectivity index (χ4v) is 3.98. The molecule has 2 aromatic carbocycles. The van der Waals surface area contributed by atoms with Crippen LogP contribution in [0.15, 0.2) is 69.4 Å². The molecule has 3 nitrogen and oxygen atoms in total. The molecular weight excluding hydrogens is 336 g/mol. The summed E-state index contributed by atoms with van der Waals surface area (Å²) in [6.45, 7) is 0.531. The van der Waals surface area contributed by atoms with E-state index in [-0.39, 0.29) is 4.87 Å². The molecular formula is C19H14N2OS2. The standard InChI is InChI=1S/C19H14N2OS2/c22-19-21(12-13-6-2-1-3-7-13)18(23)17(24-19)10-14-11-20-16-9-5-4-8-15(14)16/h1-11,23H,12H2. The van der Waals surface area contributed by atoms with Gasteiger partial charge in [-0.25, -0.2) is 0 Å².